The first-order chi connectivity index (χ1) is 13.9. The molecule has 154 valence electrons. The molecule has 0 bridgehead atoms. The van der Waals surface area contributed by atoms with E-state index in [1.807, 2.05) is 54.2 Å². The number of nitrogens with one attached hydrogen (secondary N) is 2. The highest BCUT2D eigenvalue weighted by molar-refractivity contribution is 5.85. The normalized spacial score (nSPS) is 12.1. The highest BCUT2D eigenvalue weighted by Crippen LogP contribution is 2.27. The molecule has 7 heteroatoms. The molecule has 0 radical (unpaired) electrons. The van der Waals surface area contributed by atoms with Crippen LogP contribution in [0.25, 0.3) is 10.9 Å². The maximum atomic E-state index is 11.9. The van der Waals surface area contributed by atoms with Gasteiger partial charge in [0.1, 0.15) is 23.9 Å². The number of benzene rings is 1. The van der Waals surface area contributed by atoms with E-state index in [1.165, 1.54) is 0 Å². The van der Waals surface area contributed by atoms with E-state index in [4.69, 9.17) is 4.74 Å². The molecule has 2 heterocycles. The van der Waals surface area contributed by atoms with Gasteiger partial charge in [0.05, 0.1) is 12.8 Å². The third kappa shape index (κ3) is 4.62. The molecule has 2 N–H and O–H groups in total. The van der Waals surface area contributed by atoms with E-state index in [1.54, 1.807) is 13.3 Å². The highest BCUT2D eigenvalue weighted by Gasteiger charge is 2.21. The zero-order valence-electron chi connectivity index (χ0n) is 17.6. The van der Waals surface area contributed by atoms with Gasteiger partial charge in [-0.05, 0) is 50.2 Å². The highest BCUT2D eigenvalue weighted by atomic mass is 16.5. The number of fused-ring (bicyclic) bond motifs is 1. The molecule has 1 aromatic carbocycles. The predicted molar refractivity (Wildman–Crippen MR) is 119 cm³/mol. The Labute approximate surface area is 171 Å². The summed E-state index contributed by atoms with van der Waals surface area (Å²) >= 11 is 0. The third-order valence-corrected chi connectivity index (χ3v) is 4.91. The number of likely N-dealkylation sites (N-methyl/N-ethyl adjacent to an activating group) is 2. The summed E-state index contributed by atoms with van der Waals surface area (Å²) in [7, 11) is 5.53. The fourth-order valence-corrected chi connectivity index (χ4v) is 3.32. The first-order valence-electron chi connectivity index (χ1n) is 9.70. The molecule has 0 amide bonds. The van der Waals surface area contributed by atoms with Crippen LogP contribution in [0.1, 0.15) is 13.8 Å². The number of aromatic nitrogens is 2. The van der Waals surface area contributed by atoms with Crippen LogP contribution in [-0.4, -0.2) is 56.1 Å². The lowest BCUT2D eigenvalue weighted by atomic mass is 10.2. The van der Waals surface area contributed by atoms with Crippen molar-refractivity contribution >= 4 is 34.5 Å². The number of aromatic amines is 1. The number of hydrogen-bond acceptors (Lipinski definition) is 6. The van der Waals surface area contributed by atoms with Crippen molar-refractivity contribution in [3.63, 3.8) is 0 Å². The molecular formula is C22H29N5O2. The predicted octanol–water partition coefficient (Wildman–Crippen LogP) is 3.53. The molecule has 0 saturated heterocycles. The molecule has 29 heavy (non-hydrogen) atoms. The summed E-state index contributed by atoms with van der Waals surface area (Å²) in [4.78, 5) is 23.8. The number of carbonyl (C=O) groups excluding carboxylic acids is 1. The molecule has 3 rings (SSSR count). The van der Waals surface area contributed by atoms with Crippen LogP contribution < -0.4 is 19.9 Å². The van der Waals surface area contributed by atoms with E-state index in [2.05, 4.69) is 35.2 Å². The molecule has 0 spiro atoms. The summed E-state index contributed by atoms with van der Waals surface area (Å²) in [5, 5.41) is 4.46. The molecule has 1 unspecified atom stereocenters. The smallest absolute Gasteiger partial charge is 0.152 e. The summed E-state index contributed by atoms with van der Waals surface area (Å²) in [5.74, 6) is 2.51. The number of methoxy groups -OCH3 is 1. The second kappa shape index (κ2) is 8.86. The van der Waals surface area contributed by atoms with Crippen molar-refractivity contribution in [2.75, 3.05) is 42.9 Å². The van der Waals surface area contributed by atoms with Crippen LogP contribution in [0.4, 0.5) is 17.3 Å². The average molecular weight is 396 g/mol. The maximum absolute atomic E-state index is 11.9. The van der Waals surface area contributed by atoms with E-state index >= 15 is 0 Å². The lowest BCUT2D eigenvalue weighted by molar-refractivity contribution is -0.108. The Morgan fingerprint density at radius 1 is 1.24 bits per heavy atom. The van der Waals surface area contributed by atoms with Crippen LogP contribution >= 0.6 is 0 Å². The van der Waals surface area contributed by atoms with Crippen molar-refractivity contribution in [1.82, 2.24) is 9.97 Å². The number of aldehydes is 1. The standard InChI is InChI=1S/C22H29N5O2/c1-15(2)24-20-7-6-10-23-22(20)27(4)17(14-28)13-26(3)21-12-16-11-18(29-5)8-9-19(16)25-21/h6-12,14-15,17,24-25H,13H2,1-5H3. The van der Waals surface area contributed by atoms with Crippen molar-refractivity contribution in [3.05, 3.63) is 42.6 Å². The second-order valence-corrected chi connectivity index (χ2v) is 7.48. The van der Waals surface area contributed by atoms with Crippen molar-refractivity contribution in [1.29, 1.82) is 0 Å². The Hall–Kier alpha value is -3.22. The summed E-state index contributed by atoms with van der Waals surface area (Å²) in [5.41, 5.74) is 1.94. The van der Waals surface area contributed by atoms with Crippen LogP contribution in [0.5, 0.6) is 5.75 Å². The monoisotopic (exact) mass is 395 g/mol. The number of H-pyrrole nitrogens is 1. The molecule has 0 aliphatic heterocycles. The number of anilines is 3. The van der Waals surface area contributed by atoms with Gasteiger partial charge in [0, 0.05) is 43.8 Å². The quantitative estimate of drug-likeness (QED) is 0.540. The van der Waals surface area contributed by atoms with Gasteiger partial charge in [-0.2, -0.15) is 0 Å². The van der Waals surface area contributed by atoms with Gasteiger partial charge in [-0.3, -0.25) is 0 Å². The van der Waals surface area contributed by atoms with Gasteiger partial charge in [0.15, 0.2) is 5.82 Å². The van der Waals surface area contributed by atoms with Crippen LogP contribution in [0, 0.1) is 0 Å². The van der Waals surface area contributed by atoms with Crippen LogP contribution in [-0.2, 0) is 4.79 Å². The zero-order valence-corrected chi connectivity index (χ0v) is 17.6. The van der Waals surface area contributed by atoms with Crippen LogP contribution in [0.2, 0.25) is 0 Å². The fraction of sp³-hybridized carbons (Fsp3) is 0.364. The number of ether oxygens (including phenoxy) is 1. The molecule has 0 fully saturated rings. The molecular weight excluding hydrogens is 366 g/mol. The number of pyridine rings is 1. The molecule has 0 saturated carbocycles. The lowest BCUT2D eigenvalue weighted by Crippen LogP contribution is -2.43. The van der Waals surface area contributed by atoms with Gasteiger partial charge >= 0.3 is 0 Å². The number of carbonyl (C=O) groups is 1. The van der Waals surface area contributed by atoms with Crippen molar-refractivity contribution in [2.24, 2.45) is 0 Å². The largest absolute Gasteiger partial charge is 0.497 e. The van der Waals surface area contributed by atoms with Gasteiger partial charge in [-0.25, -0.2) is 4.98 Å². The minimum absolute atomic E-state index is 0.270. The van der Waals surface area contributed by atoms with Gasteiger partial charge in [0.25, 0.3) is 0 Å². The lowest BCUT2D eigenvalue weighted by Gasteiger charge is -2.30. The van der Waals surface area contributed by atoms with Crippen molar-refractivity contribution < 1.29 is 9.53 Å². The minimum Gasteiger partial charge on any atom is -0.497 e. The van der Waals surface area contributed by atoms with Crippen LogP contribution in [0.3, 0.4) is 0 Å². The fourth-order valence-electron chi connectivity index (χ4n) is 3.32. The Bertz CT molecular complexity index is 969. The summed E-state index contributed by atoms with van der Waals surface area (Å²) in [6.07, 6.45) is 2.71. The van der Waals surface area contributed by atoms with E-state index in [0.717, 1.165) is 40.3 Å². The first kappa shape index (κ1) is 20.5. The van der Waals surface area contributed by atoms with Crippen molar-refractivity contribution in [2.45, 2.75) is 25.9 Å². The van der Waals surface area contributed by atoms with Gasteiger partial charge in [-0.1, -0.05) is 0 Å². The zero-order chi connectivity index (χ0) is 21.0. The average Bonchev–Trinajstić information content (AvgIpc) is 3.14. The van der Waals surface area contributed by atoms with Gasteiger partial charge in [0.2, 0.25) is 0 Å². The van der Waals surface area contributed by atoms with Crippen LogP contribution in [0.15, 0.2) is 42.6 Å². The SMILES string of the molecule is COc1ccc2[nH]c(N(C)CC(C=O)N(C)c3ncccc3NC(C)C)cc2c1. The molecule has 7 nitrogen and oxygen atoms in total. The minimum atomic E-state index is -0.358. The maximum Gasteiger partial charge on any atom is 0.152 e. The third-order valence-electron chi connectivity index (χ3n) is 4.91. The Kier molecular flexibility index (Phi) is 6.26. The van der Waals surface area contributed by atoms with E-state index in [9.17, 15) is 4.79 Å². The number of hydrogen-bond donors (Lipinski definition) is 2. The topological polar surface area (TPSA) is 73.5 Å². The van der Waals surface area contributed by atoms with E-state index in [0.29, 0.717) is 6.54 Å². The Balaban J connectivity index is 1.79. The Morgan fingerprint density at radius 2 is 2.03 bits per heavy atom. The first-order valence-corrected chi connectivity index (χ1v) is 9.70. The summed E-state index contributed by atoms with van der Waals surface area (Å²) in [6, 6.07) is 11.8. The molecule has 0 aliphatic rings. The van der Waals surface area contributed by atoms with Gasteiger partial charge < -0.3 is 29.6 Å². The number of nitrogens with zero attached hydrogens (tertiary/aromatic N) is 3. The van der Waals surface area contributed by atoms with Gasteiger partial charge in [-0.15, -0.1) is 0 Å². The summed E-state index contributed by atoms with van der Waals surface area (Å²) < 4.78 is 5.30. The summed E-state index contributed by atoms with van der Waals surface area (Å²) in [6.45, 7) is 4.67. The molecule has 2 aromatic heterocycles. The molecule has 1 atom stereocenters. The van der Waals surface area contributed by atoms with Crippen molar-refractivity contribution in [3.8, 4) is 5.75 Å². The Morgan fingerprint density at radius 3 is 2.72 bits per heavy atom. The van der Waals surface area contributed by atoms with E-state index < -0.39 is 0 Å². The molecule has 0 aliphatic carbocycles. The second-order valence-electron chi connectivity index (χ2n) is 7.48. The van der Waals surface area contributed by atoms with E-state index in [-0.39, 0.29) is 12.1 Å². The number of rotatable bonds is 9. The molecule has 3 aromatic rings.